The molecule has 0 unspecified atom stereocenters. The third-order valence-electron chi connectivity index (χ3n) is 10.2. The van der Waals surface area contributed by atoms with Crippen LogP contribution in [0.3, 0.4) is 0 Å². The van der Waals surface area contributed by atoms with Gasteiger partial charge in [-0.15, -0.1) is 0 Å². The van der Waals surface area contributed by atoms with Gasteiger partial charge in [-0.3, -0.25) is 0 Å². The maximum absolute atomic E-state index is 2.41. The van der Waals surface area contributed by atoms with Crippen LogP contribution in [0.15, 0.2) is 188 Å². The van der Waals surface area contributed by atoms with Crippen LogP contribution in [0.2, 0.25) is 0 Å². The van der Waals surface area contributed by atoms with Crippen molar-refractivity contribution in [2.24, 2.45) is 0 Å². The quantitative estimate of drug-likeness (QED) is 0.184. The molecule has 228 valence electrons. The Kier molecular flexibility index (Phi) is 6.25. The summed E-state index contributed by atoms with van der Waals surface area (Å²) in [6, 6.07) is 68.8. The Morgan fingerprint density at radius 1 is 0.286 bits per heavy atom. The van der Waals surface area contributed by atoms with E-state index in [9.17, 15) is 0 Å². The second kappa shape index (κ2) is 11.1. The van der Waals surface area contributed by atoms with Gasteiger partial charge >= 0.3 is 0 Å². The number of hydrogen-bond acceptors (Lipinski definition) is 0. The lowest BCUT2D eigenvalue weighted by molar-refractivity contribution is 1.18. The zero-order valence-electron chi connectivity index (χ0n) is 26.8. The molecule has 1 heteroatoms. The summed E-state index contributed by atoms with van der Waals surface area (Å²) in [6.45, 7) is 0. The second-order valence-electron chi connectivity index (χ2n) is 13.0. The molecule has 0 N–H and O–H groups in total. The molecule has 0 aliphatic carbocycles. The molecule has 0 atom stereocenters. The highest BCUT2D eigenvalue weighted by atomic mass is 15.0. The van der Waals surface area contributed by atoms with E-state index < -0.39 is 0 Å². The fourth-order valence-corrected chi connectivity index (χ4v) is 7.76. The normalized spacial score (nSPS) is 11.7. The maximum Gasteiger partial charge on any atom is 0.0547 e. The van der Waals surface area contributed by atoms with Crippen LogP contribution < -0.4 is 0 Å². The minimum Gasteiger partial charge on any atom is -0.309 e. The van der Waals surface area contributed by atoms with Gasteiger partial charge in [0.15, 0.2) is 0 Å². The van der Waals surface area contributed by atoms with Gasteiger partial charge in [-0.25, -0.2) is 0 Å². The monoisotopic (exact) mass is 621 g/mol. The standard InChI is InChI=1S/C48H31N/c1-2-9-32(10-3-1)33-21-25-41(26-22-33)49-46-16-7-6-14-45(46)48-44-27-23-37(29-39(44)24-28-47(48)49)36-19-17-34-18-20-38(31-40(34)30-36)43-15-8-12-35-11-4-5-13-42(35)43/h1-31H. The summed E-state index contributed by atoms with van der Waals surface area (Å²) < 4.78 is 2.41. The first-order valence-corrected chi connectivity index (χ1v) is 16.9. The van der Waals surface area contributed by atoms with Crippen molar-refractivity contribution in [1.29, 1.82) is 0 Å². The SMILES string of the molecule is c1ccc(-c2ccc(-n3c4ccccc4c4c5ccc(-c6ccc7ccc(-c8cccc9ccccc89)cc7c6)cc5ccc43)cc2)cc1. The van der Waals surface area contributed by atoms with Crippen molar-refractivity contribution in [2.75, 3.05) is 0 Å². The summed E-state index contributed by atoms with van der Waals surface area (Å²) in [6.07, 6.45) is 0. The highest BCUT2D eigenvalue weighted by molar-refractivity contribution is 6.21. The predicted octanol–water partition coefficient (Wildman–Crippen LogP) is 13.2. The lowest BCUT2D eigenvalue weighted by atomic mass is 9.94. The Hall–Kier alpha value is -6.44. The summed E-state index contributed by atoms with van der Waals surface area (Å²) in [5.41, 5.74) is 11.0. The Labute approximate surface area is 284 Å². The molecule has 0 aliphatic heterocycles. The number of fused-ring (bicyclic) bond motifs is 7. The number of hydrogen-bond donors (Lipinski definition) is 0. The Morgan fingerprint density at radius 2 is 0.898 bits per heavy atom. The van der Waals surface area contributed by atoms with E-state index in [1.54, 1.807) is 0 Å². The van der Waals surface area contributed by atoms with E-state index in [2.05, 4.69) is 193 Å². The molecule has 1 nitrogen and oxygen atoms in total. The van der Waals surface area contributed by atoms with Gasteiger partial charge in [-0.05, 0) is 108 Å². The van der Waals surface area contributed by atoms with E-state index in [-0.39, 0.29) is 0 Å². The minimum absolute atomic E-state index is 1.17. The molecule has 0 saturated heterocycles. The molecule has 0 radical (unpaired) electrons. The summed E-state index contributed by atoms with van der Waals surface area (Å²) in [5, 5.41) is 10.1. The van der Waals surface area contributed by atoms with Crippen molar-refractivity contribution in [2.45, 2.75) is 0 Å². The number of aromatic nitrogens is 1. The van der Waals surface area contributed by atoms with Gasteiger partial charge in [-0.2, -0.15) is 0 Å². The van der Waals surface area contributed by atoms with Gasteiger partial charge < -0.3 is 4.57 Å². The van der Waals surface area contributed by atoms with Gasteiger partial charge in [0.2, 0.25) is 0 Å². The molecule has 0 saturated carbocycles. The van der Waals surface area contributed by atoms with Gasteiger partial charge in [0.05, 0.1) is 11.0 Å². The fraction of sp³-hybridized carbons (Fsp3) is 0. The van der Waals surface area contributed by atoms with Crippen LogP contribution in [-0.2, 0) is 0 Å². The smallest absolute Gasteiger partial charge is 0.0547 e. The van der Waals surface area contributed by atoms with E-state index in [0.717, 1.165) is 0 Å². The molecule has 10 aromatic rings. The van der Waals surface area contributed by atoms with Crippen LogP contribution in [-0.4, -0.2) is 4.57 Å². The Morgan fingerprint density at radius 3 is 1.76 bits per heavy atom. The highest BCUT2D eigenvalue weighted by Crippen LogP contribution is 2.39. The van der Waals surface area contributed by atoms with Crippen LogP contribution in [0, 0.1) is 0 Å². The van der Waals surface area contributed by atoms with Crippen molar-refractivity contribution < 1.29 is 0 Å². The average Bonchev–Trinajstić information content (AvgIpc) is 3.52. The third-order valence-corrected chi connectivity index (χ3v) is 10.2. The van der Waals surface area contributed by atoms with Gasteiger partial charge in [0.1, 0.15) is 0 Å². The van der Waals surface area contributed by atoms with Crippen LogP contribution in [0.25, 0.3) is 93.2 Å². The molecule has 10 rings (SSSR count). The summed E-state index contributed by atoms with van der Waals surface area (Å²) in [4.78, 5) is 0. The first-order valence-electron chi connectivity index (χ1n) is 16.9. The number of nitrogens with zero attached hydrogens (tertiary/aromatic N) is 1. The molecule has 9 aromatic carbocycles. The largest absolute Gasteiger partial charge is 0.309 e. The lowest BCUT2D eigenvalue weighted by Crippen LogP contribution is -1.93. The first kappa shape index (κ1) is 27.7. The summed E-state index contributed by atoms with van der Waals surface area (Å²) in [7, 11) is 0. The molecular weight excluding hydrogens is 591 g/mol. The highest BCUT2D eigenvalue weighted by Gasteiger charge is 2.15. The van der Waals surface area contributed by atoms with E-state index in [1.807, 2.05) is 0 Å². The van der Waals surface area contributed by atoms with Crippen LogP contribution in [0.1, 0.15) is 0 Å². The van der Waals surface area contributed by atoms with Crippen molar-refractivity contribution in [1.82, 2.24) is 4.57 Å². The Balaban J connectivity index is 1.08. The second-order valence-corrected chi connectivity index (χ2v) is 13.0. The van der Waals surface area contributed by atoms with Crippen LogP contribution >= 0.6 is 0 Å². The van der Waals surface area contributed by atoms with Crippen molar-refractivity contribution in [3.63, 3.8) is 0 Å². The lowest BCUT2D eigenvalue weighted by Gasteiger charge is -2.11. The topological polar surface area (TPSA) is 4.93 Å². The molecule has 0 spiro atoms. The summed E-state index contributed by atoms with van der Waals surface area (Å²) >= 11 is 0. The van der Waals surface area contributed by atoms with Gasteiger partial charge in [-0.1, -0.05) is 146 Å². The molecule has 0 bridgehead atoms. The first-order chi connectivity index (χ1) is 24.3. The average molecular weight is 622 g/mol. The zero-order chi connectivity index (χ0) is 32.3. The van der Waals surface area contributed by atoms with Crippen molar-refractivity contribution in [3.05, 3.63) is 188 Å². The van der Waals surface area contributed by atoms with Crippen molar-refractivity contribution in [3.8, 4) is 39.1 Å². The predicted molar refractivity (Wildman–Crippen MR) is 210 cm³/mol. The number of rotatable bonds is 4. The van der Waals surface area contributed by atoms with Crippen molar-refractivity contribution >= 4 is 54.1 Å². The molecule has 0 aliphatic rings. The fourth-order valence-electron chi connectivity index (χ4n) is 7.76. The van der Waals surface area contributed by atoms with Crippen LogP contribution in [0.5, 0.6) is 0 Å². The number of benzene rings is 9. The third kappa shape index (κ3) is 4.55. The molecule has 1 heterocycles. The zero-order valence-corrected chi connectivity index (χ0v) is 26.8. The summed E-state index contributed by atoms with van der Waals surface area (Å²) in [5.74, 6) is 0. The number of para-hydroxylation sites is 1. The molecule has 49 heavy (non-hydrogen) atoms. The molecule has 0 amide bonds. The van der Waals surface area contributed by atoms with Gasteiger partial charge in [0.25, 0.3) is 0 Å². The van der Waals surface area contributed by atoms with Crippen LogP contribution in [0.4, 0.5) is 0 Å². The minimum atomic E-state index is 1.17. The Bertz CT molecular complexity index is 2850. The van der Waals surface area contributed by atoms with Gasteiger partial charge in [0, 0.05) is 16.5 Å². The molecular formula is C48H31N. The maximum atomic E-state index is 2.41. The van der Waals surface area contributed by atoms with E-state index in [1.165, 1.54) is 93.2 Å². The van der Waals surface area contributed by atoms with E-state index >= 15 is 0 Å². The molecule has 0 fully saturated rings. The van der Waals surface area contributed by atoms with E-state index in [4.69, 9.17) is 0 Å². The molecule has 1 aromatic heterocycles. The van der Waals surface area contributed by atoms with E-state index in [0.29, 0.717) is 0 Å².